The van der Waals surface area contributed by atoms with Crippen LogP contribution in [0.4, 0.5) is 5.82 Å². The predicted molar refractivity (Wildman–Crippen MR) is 39.8 cm³/mol. The molecule has 1 aliphatic heterocycles. The Morgan fingerprint density at radius 2 is 2.27 bits per heavy atom. The highest BCUT2D eigenvalue weighted by molar-refractivity contribution is 5.36. The Labute approximate surface area is 61.7 Å². The van der Waals surface area contributed by atoms with E-state index in [2.05, 4.69) is 10.3 Å². The van der Waals surface area contributed by atoms with Gasteiger partial charge in [0.2, 0.25) is 0 Å². The largest absolute Gasteiger partial charge is 0.369 e. The molecular formula is C6H7N3O2. The fourth-order valence-corrected chi connectivity index (χ4v) is 1.18. The second-order valence-corrected chi connectivity index (χ2v) is 2.40. The van der Waals surface area contributed by atoms with Gasteiger partial charge < -0.3 is 5.32 Å². The third kappa shape index (κ3) is 0.849. The molecule has 0 saturated carbocycles. The van der Waals surface area contributed by atoms with Gasteiger partial charge >= 0.3 is 5.69 Å². The molecule has 0 saturated heterocycles. The summed E-state index contributed by atoms with van der Waals surface area (Å²) in [6, 6.07) is 1.38. The Morgan fingerprint density at radius 1 is 1.45 bits per heavy atom. The van der Waals surface area contributed by atoms with Crippen molar-refractivity contribution in [3.63, 3.8) is 0 Å². The smallest absolute Gasteiger partial charge is 0.329 e. The Balaban J connectivity index is 2.80. The van der Waals surface area contributed by atoms with Gasteiger partial charge in [0.1, 0.15) is 5.82 Å². The van der Waals surface area contributed by atoms with Crippen molar-refractivity contribution in [3.05, 3.63) is 26.9 Å². The standard InChI is InChI=1S/C6H7N3O2/c10-5-3-4-7-1-2-9(4)6(11)8-5/h3,7H,1-2H2,(H,8,10,11). The second-order valence-electron chi connectivity index (χ2n) is 2.40. The van der Waals surface area contributed by atoms with Gasteiger partial charge in [-0.2, -0.15) is 0 Å². The number of H-pyrrole nitrogens is 1. The van der Waals surface area contributed by atoms with Gasteiger partial charge in [-0.1, -0.05) is 0 Å². The molecule has 0 bridgehead atoms. The topological polar surface area (TPSA) is 66.9 Å². The van der Waals surface area contributed by atoms with Crippen molar-refractivity contribution in [2.75, 3.05) is 11.9 Å². The molecule has 1 aliphatic rings. The van der Waals surface area contributed by atoms with Gasteiger partial charge in [-0.25, -0.2) is 4.79 Å². The maximum atomic E-state index is 11.0. The molecule has 0 spiro atoms. The number of anilines is 1. The van der Waals surface area contributed by atoms with E-state index in [-0.39, 0.29) is 11.2 Å². The quantitative estimate of drug-likeness (QED) is 0.500. The van der Waals surface area contributed by atoms with Crippen molar-refractivity contribution in [2.45, 2.75) is 6.54 Å². The number of hydrogen-bond donors (Lipinski definition) is 2. The number of aromatic nitrogens is 2. The predicted octanol–water partition coefficient (Wildman–Crippen LogP) is -1.04. The number of hydrogen-bond acceptors (Lipinski definition) is 3. The summed E-state index contributed by atoms with van der Waals surface area (Å²) in [6.45, 7) is 1.34. The molecule has 2 N–H and O–H groups in total. The lowest BCUT2D eigenvalue weighted by Crippen LogP contribution is -2.27. The maximum Gasteiger partial charge on any atom is 0.329 e. The molecule has 58 valence electrons. The fourth-order valence-electron chi connectivity index (χ4n) is 1.18. The third-order valence-electron chi connectivity index (χ3n) is 1.68. The molecule has 2 heterocycles. The minimum atomic E-state index is -0.351. The van der Waals surface area contributed by atoms with Crippen molar-refractivity contribution in [1.82, 2.24) is 9.55 Å². The Morgan fingerprint density at radius 3 is 3.09 bits per heavy atom. The molecule has 2 rings (SSSR count). The molecule has 0 fully saturated rings. The molecule has 5 nitrogen and oxygen atoms in total. The van der Waals surface area contributed by atoms with Crippen LogP contribution in [-0.4, -0.2) is 16.1 Å². The van der Waals surface area contributed by atoms with Gasteiger partial charge in [0.15, 0.2) is 0 Å². The molecule has 0 unspecified atom stereocenters. The monoisotopic (exact) mass is 153 g/mol. The van der Waals surface area contributed by atoms with Gasteiger partial charge in [-0.05, 0) is 0 Å². The van der Waals surface area contributed by atoms with E-state index in [0.717, 1.165) is 0 Å². The SMILES string of the molecule is O=c1cc2n(c(=O)[nH]1)CCN2. The lowest BCUT2D eigenvalue weighted by molar-refractivity contribution is 0.737. The first kappa shape index (κ1) is 6.21. The van der Waals surface area contributed by atoms with Crippen LogP contribution >= 0.6 is 0 Å². The Hall–Kier alpha value is -1.52. The first-order valence-corrected chi connectivity index (χ1v) is 3.35. The highest BCUT2D eigenvalue weighted by Crippen LogP contribution is 2.05. The van der Waals surface area contributed by atoms with Crippen LogP contribution in [0.1, 0.15) is 0 Å². The Bertz CT molecular complexity index is 390. The number of nitrogens with one attached hydrogen (secondary N) is 2. The minimum Gasteiger partial charge on any atom is -0.369 e. The van der Waals surface area contributed by atoms with E-state index in [1.807, 2.05) is 0 Å². The molecule has 5 heteroatoms. The summed E-state index contributed by atoms with van der Waals surface area (Å²) in [7, 11) is 0. The summed E-state index contributed by atoms with van der Waals surface area (Å²) < 4.78 is 1.50. The average molecular weight is 153 g/mol. The number of nitrogens with zero attached hydrogens (tertiary/aromatic N) is 1. The zero-order valence-corrected chi connectivity index (χ0v) is 5.76. The van der Waals surface area contributed by atoms with Gasteiger partial charge in [-0.3, -0.25) is 14.3 Å². The molecule has 0 aromatic carbocycles. The van der Waals surface area contributed by atoms with Crippen molar-refractivity contribution >= 4 is 5.82 Å². The molecule has 0 amide bonds. The number of rotatable bonds is 0. The highest BCUT2D eigenvalue weighted by atomic mass is 16.2. The van der Waals surface area contributed by atoms with Gasteiger partial charge in [-0.15, -0.1) is 0 Å². The van der Waals surface area contributed by atoms with E-state index in [0.29, 0.717) is 18.9 Å². The first-order chi connectivity index (χ1) is 5.27. The van der Waals surface area contributed by atoms with Crippen LogP contribution in [0.15, 0.2) is 15.7 Å². The summed E-state index contributed by atoms with van der Waals surface area (Å²) in [5.74, 6) is 0.610. The van der Waals surface area contributed by atoms with Gasteiger partial charge in [0.05, 0.1) is 0 Å². The van der Waals surface area contributed by atoms with E-state index in [9.17, 15) is 9.59 Å². The zero-order chi connectivity index (χ0) is 7.84. The maximum absolute atomic E-state index is 11.0. The third-order valence-corrected chi connectivity index (χ3v) is 1.68. The molecule has 0 atom stereocenters. The van der Waals surface area contributed by atoms with Crippen LogP contribution in [0.2, 0.25) is 0 Å². The summed E-state index contributed by atoms with van der Waals surface area (Å²) in [4.78, 5) is 23.9. The molecule has 0 radical (unpaired) electrons. The first-order valence-electron chi connectivity index (χ1n) is 3.35. The van der Waals surface area contributed by atoms with Gasteiger partial charge in [0.25, 0.3) is 5.56 Å². The summed E-state index contributed by atoms with van der Waals surface area (Å²) in [5, 5.41) is 2.92. The van der Waals surface area contributed by atoms with Crippen molar-refractivity contribution in [3.8, 4) is 0 Å². The van der Waals surface area contributed by atoms with Crippen LogP contribution in [0, 0.1) is 0 Å². The molecule has 1 aromatic heterocycles. The summed E-state index contributed by atoms with van der Waals surface area (Å²) >= 11 is 0. The number of aromatic amines is 1. The van der Waals surface area contributed by atoms with Gasteiger partial charge in [0, 0.05) is 19.2 Å². The lowest BCUT2D eigenvalue weighted by Gasteiger charge is -1.97. The van der Waals surface area contributed by atoms with Crippen LogP contribution in [0.25, 0.3) is 0 Å². The van der Waals surface area contributed by atoms with E-state index in [1.54, 1.807) is 0 Å². The lowest BCUT2D eigenvalue weighted by atomic mass is 10.6. The van der Waals surface area contributed by atoms with Crippen molar-refractivity contribution < 1.29 is 0 Å². The summed E-state index contributed by atoms with van der Waals surface area (Å²) in [5.41, 5.74) is -0.687. The minimum absolute atomic E-state index is 0.336. The van der Waals surface area contributed by atoms with Crippen LogP contribution in [0.5, 0.6) is 0 Å². The molecule has 1 aromatic rings. The van der Waals surface area contributed by atoms with E-state index < -0.39 is 0 Å². The van der Waals surface area contributed by atoms with Crippen LogP contribution < -0.4 is 16.6 Å². The van der Waals surface area contributed by atoms with Crippen LogP contribution in [0.3, 0.4) is 0 Å². The molecule has 11 heavy (non-hydrogen) atoms. The summed E-state index contributed by atoms with van der Waals surface area (Å²) in [6.07, 6.45) is 0. The normalized spacial score (nSPS) is 14.2. The van der Waals surface area contributed by atoms with Crippen molar-refractivity contribution in [2.24, 2.45) is 0 Å². The van der Waals surface area contributed by atoms with E-state index >= 15 is 0 Å². The van der Waals surface area contributed by atoms with E-state index in [1.165, 1.54) is 10.6 Å². The molecule has 0 aliphatic carbocycles. The average Bonchev–Trinajstić information content (AvgIpc) is 2.34. The van der Waals surface area contributed by atoms with Crippen LogP contribution in [-0.2, 0) is 6.54 Å². The zero-order valence-electron chi connectivity index (χ0n) is 5.76. The highest BCUT2D eigenvalue weighted by Gasteiger charge is 2.10. The van der Waals surface area contributed by atoms with E-state index in [4.69, 9.17) is 0 Å². The second kappa shape index (κ2) is 1.98. The fraction of sp³-hybridized carbons (Fsp3) is 0.333. The molecular weight excluding hydrogens is 146 g/mol. The number of fused-ring (bicyclic) bond motifs is 1. The Kier molecular flexibility index (Phi) is 1.12. The van der Waals surface area contributed by atoms with Crippen molar-refractivity contribution in [1.29, 1.82) is 0 Å².